The maximum Gasteiger partial charge on any atom is 0.269 e. The first kappa shape index (κ1) is 19.5. The number of nitro benzene ring substituents is 1. The number of furan rings is 1. The zero-order valence-corrected chi connectivity index (χ0v) is 16.2. The molecule has 0 atom stereocenters. The van der Waals surface area contributed by atoms with Gasteiger partial charge in [-0.05, 0) is 50.3 Å². The van der Waals surface area contributed by atoms with Crippen LogP contribution in [0.2, 0.25) is 0 Å². The van der Waals surface area contributed by atoms with Gasteiger partial charge in [-0.25, -0.2) is 0 Å². The Morgan fingerprint density at radius 2 is 2.04 bits per heavy atom. The minimum Gasteiger partial charge on any atom is -0.467 e. The average Bonchev–Trinajstić information content (AvgIpc) is 3.36. The van der Waals surface area contributed by atoms with E-state index in [2.05, 4.69) is 15.5 Å². The molecular formula is C18H19N5O4S. The lowest BCUT2D eigenvalue weighted by molar-refractivity contribution is -0.384. The van der Waals surface area contributed by atoms with Gasteiger partial charge >= 0.3 is 0 Å². The molecule has 0 aliphatic rings. The van der Waals surface area contributed by atoms with E-state index in [9.17, 15) is 10.1 Å². The molecule has 1 N–H and O–H groups in total. The van der Waals surface area contributed by atoms with E-state index in [1.54, 1.807) is 18.4 Å². The summed E-state index contributed by atoms with van der Waals surface area (Å²) in [5, 5.41) is 22.5. The smallest absolute Gasteiger partial charge is 0.269 e. The van der Waals surface area contributed by atoms with E-state index in [4.69, 9.17) is 21.1 Å². The molecule has 0 spiro atoms. The van der Waals surface area contributed by atoms with Crippen LogP contribution in [-0.2, 0) is 13.1 Å². The highest BCUT2D eigenvalue weighted by molar-refractivity contribution is 7.80. The van der Waals surface area contributed by atoms with Crippen LogP contribution in [0.1, 0.15) is 25.5 Å². The van der Waals surface area contributed by atoms with Crippen LogP contribution in [0.3, 0.4) is 0 Å². The molecule has 2 aromatic heterocycles. The first-order valence-electron chi connectivity index (χ1n) is 8.58. The number of nitrogens with one attached hydrogen (secondary N) is 1. The normalized spacial score (nSPS) is 10.8. The summed E-state index contributed by atoms with van der Waals surface area (Å²) in [5.74, 6) is 1.47. The average molecular weight is 401 g/mol. The number of non-ortho nitro benzene ring substituents is 1. The third kappa shape index (κ3) is 4.71. The van der Waals surface area contributed by atoms with Gasteiger partial charge in [-0.15, -0.1) is 10.2 Å². The molecule has 146 valence electrons. The molecule has 0 amide bonds. The topological polar surface area (TPSA) is 110 Å². The Balaban J connectivity index is 1.66. The van der Waals surface area contributed by atoms with Gasteiger partial charge in [-0.1, -0.05) is 0 Å². The molecule has 0 saturated carbocycles. The van der Waals surface area contributed by atoms with Gasteiger partial charge in [-0.2, -0.15) is 0 Å². The molecule has 0 aliphatic heterocycles. The number of nitro groups is 1. The van der Waals surface area contributed by atoms with E-state index in [-0.39, 0.29) is 11.7 Å². The SMILES string of the molecule is CC(C)N(Cc1nnc(-c2ccc([N+](=O)[O-])cc2)o1)C(=S)NCc1ccco1. The fourth-order valence-electron chi connectivity index (χ4n) is 2.47. The quantitative estimate of drug-likeness (QED) is 0.361. The lowest BCUT2D eigenvalue weighted by Gasteiger charge is -2.28. The van der Waals surface area contributed by atoms with Crippen molar-refractivity contribution in [3.63, 3.8) is 0 Å². The highest BCUT2D eigenvalue weighted by Crippen LogP contribution is 2.22. The number of hydrogen-bond donors (Lipinski definition) is 1. The predicted molar refractivity (Wildman–Crippen MR) is 105 cm³/mol. The summed E-state index contributed by atoms with van der Waals surface area (Å²) in [6.07, 6.45) is 1.61. The number of aromatic nitrogens is 2. The molecule has 10 heteroatoms. The Labute approximate surface area is 166 Å². The van der Waals surface area contributed by atoms with Crippen molar-refractivity contribution in [1.29, 1.82) is 0 Å². The molecule has 0 unspecified atom stereocenters. The maximum absolute atomic E-state index is 10.8. The lowest BCUT2D eigenvalue weighted by Crippen LogP contribution is -2.43. The zero-order valence-electron chi connectivity index (χ0n) is 15.4. The first-order valence-corrected chi connectivity index (χ1v) is 8.99. The van der Waals surface area contributed by atoms with E-state index in [1.165, 1.54) is 12.1 Å². The Hall–Kier alpha value is -3.27. The van der Waals surface area contributed by atoms with Crippen molar-refractivity contribution in [1.82, 2.24) is 20.4 Å². The van der Waals surface area contributed by atoms with Crippen LogP contribution in [0.4, 0.5) is 5.69 Å². The van der Waals surface area contributed by atoms with Gasteiger partial charge in [0.15, 0.2) is 5.11 Å². The summed E-state index contributed by atoms with van der Waals surface area (Å²) >= 11 is 5.48. The van der Waals surface area contributed by atoms with Gasteiger partial charge in [0.2, 0.25) is 11.8 Å². The van der Waals surface area contributed by atoms with Crippen LogP contribution >= 0.6 is 12.2 Å². The van der Waals surface area contributed by atoms with Crippen molar-refractivity contribution in [2.75, 3.05) is 0 Å². The van der Waals surface area contributed by atoms with Crippen molar-refractivity contribution in [3.05, 3.63) is 64.4 Å². The fraction of sp³-hybridized carbons (Fsp3) is 0.278. The van der Waals surface area contributed by atoms with Crippen LogP contribution in [-0.4, -0.2) is 31.2 Å². The van der Waals surface area contributed by atoms with Gasteiger partial charge in [0, 0.05) is 23.7 Å². The molecule has 3 rings (SSSR count). The molecule has 28 heavy (non-hydrogen) atoms. The lowest BCUT2D eigenvalue weighted by atomic mass is 10.2. The van der Waals surface area contributed by atoms with Crippen molar-refractivity contribution in [2.45, 2.75) is 33.0 Å². The summed E-state index contributed by atoms with van der Waals surface area (Å²) in [4.78, 5) is 12.2. The van der Waals surface area contributed by atoms with Gasteiger partial charge in [-0.3, -0.25) is 10.1 Å². The highest BCUT2D eigenvalue weighted by atomic mass is 32.1. The van der Waals surface area contributed by atoms with Crippen LogP contribution in [0.25, 0.3) is 11.5 Å². The Morgan fingerprint density at radius 3 is 2.64 bits per heavy atom. The number of rotatable bonds is 7. The largest absolute Gasteiger partial charge is 0.467 e. The minimum absolute atomic E-state index is 0.00227. The molecule has 0 fully saturated rings. The summed E-state index contributed by atoms with van der Waals surface area (Å²) in [5.41, 5.74) is 0.612. The van der Waals surface area contributed by atoms with Crippen molar-refractivity contribution in [2.24, 2.45) is 0 Å². The summed E-state index contributed by atoms with van der Waals surface area (Å²) in [6, 6.07) is 9.73. The molecule has 0 bridgehead atoms. The molecule has 3 aromatic rings. The fourth-order valence-corrected chi connectivity index (χ4v) is 2.82. The van der Waals surface area contributed by atoms with Crippen LogP contribution in [0.5, 0.6) is 0 Å². The molecule has 0 saturated heterocycles. The van der Waals surface area contributed by atoms with Gasteiger partial charge in [0.05, 0.1) is 24.3 Å². The molecular weight excluding hydrogens is 382 g/mol. The van der Waals surface area contributed by atoms with Crippen molar-refractivity contribution < 1.29 is 13.8 Å². The molecule has 2 heterocycles. The Morgan fingerprint density at radius 1 is 1.29 bits per heavy atom. The number of nitrogens with zero attached hydrogens (tertiary/aromatic N) is 4. The predicted octanol–water partition coefficient (Wildman–Crippen LogP) is 3.52. The second kappa shape index (κ2) is 8.61. The van der Waals surface area contributed by atoms with E-state index >= 15 is 0 Å². The number of thiocarbonyl (C=S) groups is 1. The van der Waals surface area contributed by atoms with Gasteiger partial charge < -0.3 is 19.1 Å². The summed E-state index contributed by atoms with van der Waals surface area (Å²) in [6.45, 7) is 4.83. The highest BCUT2D eigenvalue weighted by Gasteiger charge is 2.18. The first-order chi connectivity index (χ1) is 13.4. The van der Waals surface area contributed by atoms with E-state index in [1.807, 2.05) is 30.9 Å². The van der Waals surface area contributed by atoms with Crippen LogP contribution < -0.4 is 5.32 Å². The Kier molecular flexibility index (Phi) is 5.99. The monoisotopic (exact) mass is 401 g/mol. The minimum atomic E-state index is -0.458. The number of benzene rings is 1. The zero-order chi connectivity index (χ0) is 20.1. The third-order valence-corrected chi connectivity index (χ3v) is 4.35. The summed E-state index contributed by atoms with van der Waals surface area (Å²) < 4.78 is 11.0. The van der Waals surface area contributed by atoms with E-state index < -0.39 is 4.92 Å². The molecule has 9 nitrogen and oxygen atoms in total. The van der Waals surface area contributed by atoms with Gasteiger partial charge in [0.25, 0.3) is 5.69 Å². The summed E-state index contributed by atoms with van der Waals surface area (Å²) in [7, 11) is 0. The molecule has 0 radical (unpaired) electrons. The standard InChI is InChI=1S/C18H19N5O4S/c1-12(2)22(18(28)19-10-15-4-3-9-26-15)11-16-20-21-17(27-16)13-5-7-14(8-6-13)23(24)25/h3-9,12H,10-11H2,1-2H3,(H,19,28). The Bertz CT molecular complexity index is 937. The van der Waals surface area contributed by atoms with E-state index in [0.29, 0.717) is 35.5 Å². The van der Waals surface area contributed by atoms with Crippen LogP contribution in [0.15, 0.2) is 51.5 Å². The van der Waals surface area contributed by atoms with Crippen molar-refractivity contribution in [3.8, 4) is 11.5 Å². The van der Waals surface area contributed by atoms with Crippen molar-refractivity contribution >= 4 is 23.0 Å². The van der Waals surface area contributed by atoms with E-state index in [0.717, 1.165) is 5.76 Å². The number of hydrogen-bond acceptors (Lipinski definition) is 7. The maximum atomic E-state index is 10.8. The molecule has 1 aromatic carbocycles. The molecule has 0 aliphatic carbocycles. The van der Waals surface area contributed by atoms with Gasteiger partial charge in [0.1, 0.15) is 5.76 Å². The second-order valence-electron chi connectivity index (χ2n) is 6.26. The second-order valence-corrected chi connectivity index (χ2v) is 6.65. The van der Waals surface area contributed by atoms with Crippen LogP contribution in [0, 0.1) is 10.1 Å². The third-order valence-electron chi connectivity index (χ3n) is 3.98.